The van der Waals surface area contributed by atoms with E-state index in [1.54, 1.807) is 12.1 Å². The molecular weight excluding hydrogens is 312 g/mol. The number of rotatable bonds is 5. The fraction of sp³-hybridized carbons (Fsp3) is 0.250. The molecule has 0 heterocycles. The predicted octanol–water partition coefficient (Wildman–Crippen LogP) is 5.60. The first-order valence-electron chi connectivity index (χ1n) is 6.67. The van der Waals surface area contributed by atoms with Crippen LogP contribution in [-0.2, 0) is 0 Å². The molecule has 112 valence electrons. The number of halogens is 3. The molecule has 2 aromatic rings. The topological polar surface area (TPSA) is 21.3 Å². The molecule has 0 aliphatic rings. The van der Waals surface area contributed by atoms with E-state index in [0.717, 1.165) is 12.1 Å². The highest BCUT2D eigenvalue weighted by Crippen LogP contribution is 2.34. The van der Waals surface area contributed by atoms with Crippen LogP contribution in [0.1, 0.15) is 25.5 Å². The summed E-state index contributed by atoms with van der Waals surface area (Å²) in [7, 11) is 0. The van der Waals surface area contributed by atoms with Crippen molar-refractivity contribution in [1.29, 1.82) is 0 Å². The van der Waals surface area contributed by atoms with E-state index in [-0.39, 0.29) is 16.8 Å². The molecule has 0 aliphatic carbocycles. The molecule has 2 nitrogen and oxygen atoms in total. The Balaban J connectivity index is 2.23. The monoisotopic (exact) mass is 327 g/mol. The van der Waals surface area contributed by atoms with Crippen LogP contribution >= 0.6 is 23.2 Å². The summed E-state index contributed by atoms with van der Waals surface area (Å²) < 4.78 is 19.3. The molecule has 1 atom stereocenters. The van der Waals surface area contributed by atoms with E-state index in [2.05, 4.69) is 5.32 Å². The maximum absolute atomic E-state index is 13.8. The first-order chi connectivity index (χ1) is 10.0. The number of nitrogens with one attached hydrogen (secondary N) is 1. The molecule has 2 rings (SSSR count). The van der Waals surface area contributed by atoms with Crippen molar-refractivity contribution in [3.05, 3.63) is 57.8 Å². The van der Waals surface area contributed by atoms with Crippen molar-refractivity contribution in [2.24, 2.45) is 0 Å². The second-order valence-electron chi connectivity index (χ2n) is 4.62. The first-order valence-corrected chi connectivity index (χ1v) is 7.43. The van der Waals surface area contributed by atoms with Crippen LogP contribution in [-0.4, -0.2) is 6.54 Å². The minimum Gasteiger partial charge on any atom is -0.453 e. The summed E-state index contributed by atoms with van der Waals surface area (Å²) in [5.41, 5.74) is 1.04. The van der Waals surface area contributed by atoms with E-state index in [9.17, 15) is 4.39 Å². The van der Waals surface area contributed by atoms with Crippen LogP contribution in [0.2, 0.25) is 10.0 Å². The van der Waals surface area contributed by atoms with Crippen molar-refractivity contribution in [3.63, 3.8) is 0 Å². The summed E-state index contributed by atoms with van der Waals surface area (Å²) in [4.78, 5) is 0. The Bertz CT molecular complexity index is 634. The van der Waals surface area contributed by atoms with Gasteiger partial charge in [0, 0.05) is 6.04 Å². The largest absolute Gasteiger partial charge is 0.453 e. The molecular formula is C16H16Cl2FNO. The van der Waals surface area contributed by atoms with Gasteiger partial charge in [-0.25, -0.2) is 4.39 Å². The van der Waals surface area contributed by atoms with Crippen LogP contribution in [0.4, 0.5) is 4.39 Å². The average molecular weight is 328 g/mol. The normalized spacial score (nSPS) is 12.2. The van der Waals surface area contributed by atoms with Gasteiger partial charge < -0.3 is 10.1 Å². The zero-order valence-corrected chi connectivity index (χ0v) is 13.3. The molecule has 0 aromatic heterocycles. The van der Waals surface area contributed by atoms with Gasteiger partial charge in [-0.2, -0.15) is 0 Å². The molecule has 0 aliphatic heterocycles. The van der Waals surface area contributed by atoms with Crippen LogP contribution < -0.4 is 10.1 Å². The van der Waals surface area contributed by atoms with Crippen LogP contribution in [0.5, 0.6) is 11.5 Å². The summed E-state index contributed by atoms with van der Waals surface area (Å²) >= 11 is 11.9. The number of hydrogen-bond acceptors (Lipinski definition) is 2. The van der Waals surface area contributed by atoms with Gasteiger partial charge in [-0.15, -0.1) is 0 Å². The summed E-state index contributed by atoms with van der Waals surface area (Å²) in [5.74, 6) is -0.150. The lowest BCUT2D eigenvalue weighted by Gasteiger charge is -2.15. The van der Waals surface area contributed by atoms with Crippen molar-refractivity contribution in [1.82, 2.24) is 5.32 Å². The minimum atomic E-state index is -0.597. The van der Waals surface area contributed by atoms with E-state index in [4.69, 9.17) is 27.9 Å². The van der Waals surface area contributed by atoms with Gasteiger partial charge >= 0.3 is 0 Å². The average Bonchev–Trinajstić information content (AvgIpc) is 2.46. The molecule has 0 radical (unpaired) electrons. The molecule has 0 fully saturated rings. The number of hydrogen-bond donors (Lipinski definition) is 1. The van der Waals surface area contributed by atoms with Gasteiger partial charge in [0.15, 0.2) is 11.6 Å². The lowest BCUT2D eigenvalue weighted by atomic mass is 10.1. The Labute approximate surface area is 133 Å². The molecule has 0 bridgehead atoms. The third-order valence-electron chi connectivity index (χ3n) is 3.10. The summed E-state index contributed by atoms with van der Waals surface area (Å²) in [6.45, 7) is 4.95. The SMILES string of the molecule is CCNC(C)c1ccc(Oc2cccc(Cl)c2F)c(Cl)c1. The Hall–Kier alpha value is -1.29. The van der Waals surface area contributed by atoms with Gasteiger partial charge in [0.05, 0.1) is 10.0 Å². The van der Waals surface area contributed by atoms with Crippen LogP contribution in [0.3, 0.4) is 0 Å². The van der Waals surface area contributed by atoms with Crippen molar-refractivity contribution in [2.45, 2.75) is 19.9 Å². The van der Waals surface area contributed by atoms with Crippen molar-refractivity contribution < 1.29 is 9.13 Å². The fourth-order valence-corrected chi connectivity index (χ4v) is 2.37. The molecule has 1 N–H and O–H groups in total. The third-order valence-corrected chi connectivity index (χ3v) is 3.69. The lowest BCUT2D eigenvalue weighted by Crippen LogP contribution is -2.17. The standard InChI is InChI=1S/C16H16Cl2FNO/c1-3-20-10(2)11-7-8-14(13(18)9-11)21-15-6-4-5-12(17)16(15)19/h4-10,20H,3H2,1-2H3. The van der Waals surface area contributed by atoms with Gasteiger partial charge in [0.25, 0.3) is 0 Å². The zero-order chi connectivity index (χ0) is 15.4. The van der Waals surface area contributed by atoms with Gasteiger partial charge in [-0.3, -0.25) is 0 Å². The highest BCUT2D eigenvalue weighted by molar-refractivity contribution is 6.32. The van der Waals surface area contributed by atoms with Crippen LogP contribution in [0, 0.1) is 5.82 Å². The molecule has 21 heavy (non-hydrogen) atoms. The van der Waals surface area contributed by atoms with E-state index in [1.807, 2.05) is 26.0 Å². The molecule has 2 aromatic carbocycles. The molecule has 0 spiro atoms. The maximum Gasteiger partial charge on any atom is 0.184 e. The second kappa shape index (κ2) is 7.12. The molecule has 1 unspecified atom stereocenters. The van der Waals surface area contributed by atoms with E-state index in [0.29, 0.717) is 10.8 Å². The van der Waals surface area contributed by atoms with Crippen molar-refractivity contribution in [2.75, 3.05) is 6.54 Å². The fourth-order valence-electron chi connectivity index (χ4n) is 1.97. The smallest absolute Gasteiger partial charge is 0.184 e. The number of benzene rings is 2. The van der Waals surface area contributed by atoms with E-state index >= 15 is 0 Å². The van der Waals surface area contributed by atoms with Crippen molar-refractivity contribution >= 4 is 23.2 Å². The number of ether oxygens (including phenoxy) is 1. The zero-order valence-electron chi connectivity index (χ0n) is 11.8. The van der Waals surface area contributed by atoms with Gasteiger partial charge in [0.1, 0.15) is 5.75 Å². The maximum atomic E-state index is 13.8. The molecule has 0 saturated heterocycles. The van der Waals surface area contributed by atoms with Crippen LogP contribution in [0.25, 0.3) is 0 Å². The lowest BCUT2D eigenvalue weighted by molar-refractivity contribution is 0.442. The highest BCUT2D eigenvalue weighted by Gasteiger charge is 2.12. The van der Waals surface area contributed by atoms with Gasteiger partial charge in [-0.05, 0) is 43.3 Å². The Morgan fingerprint density at radius 1 is 1.14 bits per heavy atom. The molecule has 5 heteroatoms. The highest BCUT2D eigenvalue weighted by atomic mass is 35.5. The third kappa shape index (κ3) is 3.88. The minimum absolute atomic E-state index is 0.0148. The van der Waals surface area contributed by atoms with E-state index < -0.39 is 5.82 Å². The second-order valence-corrected chi connectivity index (χ2v) is 5.44. The Morgan fingerprint density at radius 2 is 1.90 bits per heavy atom. The Morgan fingerprint density at radius 3 is 2.57 bits per heavy atom. The molecule has 0 amide bonds. The quantitative estimate of drug-likeness (QED) is 0.772. The van der Waals surface area contributed by atoms with E-state index in [1.165, 1.54) is 12.1 Å². The molecule has 0 saturated carbocycles. The summed E-state index contributed by atoms with van der Waals surface area (Å²) in [5, 5.41) is 3.74. The summed E-state index contributed by atoms with van der Waals surface area (Å²) in [6.07, 6.45) is 0. The van der Waals surface area contributed by atoms with Gasteiger partial charge in [0.2, 0.25) is 0 Å². The Kier molecular flexibility index (Phi) is 5.45. The first kappa shape index (κ1) is 16.1. The predicted molar refractivity (Wildman–Crippen MR) is 85.0 cm³/mol. The van der Waals surface area contributed by atoms with Gasteiger partial charge in [-0.1, -0.05) is 42.3 Å². The summed E-state index contributed by atoms with van der Waals surface area (Å²) in [6, 6.07) is 10.2. The van der Waals surface area contributed by atoms with Crippen LogP contribution in [0.15, 0.2) is 36.4 Å². The van der Waals surface area contributed by atoms with Crippen molar-refractivity contribution in [3.8, 4) is 11.5 Å².